The van der Waals surface area contributed by atoms with E-state index in [-0.39, 0.29) is 26.8 Å². The maximum atomic E-state index is 12.4. The van der Waals surface area contributed by atoms with E-state index in [4.69, 9.17) is 18.0 Å². The second-order valence-electron chi connectivity index (χ2n) is 6.39. The lowest BCUT2D eigenvalue weighted by Crippen LogP contribution is -2.30. The quantitative estimate of drug-likeness (QED) is 0.835. The summed E-state index contributed by atoms with van der Waals surface area (Å²) in [5.74, 6) is 0. The number of hydrogen-bond acceptors (Lipinski definition) is 3. The third-order valence-corrected chi connectivity index (χ3v) is 6.42. The molecule has 20 heavy (non-hydrogen) atoms. The average Bonchev–Trinajstić information content (AvgIpc) is 2.71. The van der Waals surface area contributed by atoms with E-state index in [1.807, 2.05) is 0 Å². The van der Waals surface area contributed by atoms with Gasteiger partial charge in [-0.05, 0) is 23.0 Å². The van der Waals surface area contributed by atoms with Gasteiger partial charge < -0.3 is 5.73 Å². The molecule has 1 aromatic rings. The van der Waals surface area contributed by atoms with Crippen molar-refractivity contribution in [2.24, 2.45) is 16.6 Å². The molecule has 2 rings (SSSR count). The first-order valence-corrected chi connectivity index (χ1v) is 8.31. The molecule has 0 aliphatic heterocycles. The Morgan fingerprint density at radius 1 is 1.15 bits per heavy atom. The van der Waals surface area contributed by atoms with E-state index in [0.29, 0.717) is 5.56 Å². The van der Waals surface area contributed by atoms with Crippen molar-refractivity contribution in [2.45, 2.75) is 38.6 Å². The molecule has 6 heteroatoms. The first-order valence-electron chi connectivity index (χ1n) is 6.42. The predicted molar refractivity (Wildman–Crippen MR) is 84.0 cm³/mol. The molecule has 110 valence electrons. The van der Waals surface area contributed by atoms with Crippen LogP contribution in [0.1, 0.15) is 33.3 Å². The molecule has 1 saturated carbocycles. The summed E-state index contributed by atoms with van der Waals surface area (Å²) in [6.07, 6.45) is 0. The number of hydrogen-bond donors (Lipinski definition) is 2. The third-order valence-electron chi connectivity index (χ3n) is 4.74. The van der Waals surface area contributed by atoms with Crippen LogP contribution in [0, 0.1) is 10.8 Å². The molecule has 1 aliphatic carbocycles. The van der Waals surface area contributed by atoms with Gasteiger partial charge in [0.2, 0.25) is 10.0 Å². The second-order valence-corrected chi connectivity index (χ2v) is 8.54. The lowest BCUT2D eigenvalue weighted by Gasteiger charge is -2.09. The molecule has 1 aliphatic rings. The lowest BCUT2D eigenvalue weighted by atomic mass is 10.0. The smallest absolute Gasteiger partial charge is 0.240 e. The van der Waals surface area contributed by atoms with Crippen LogP contribution in [0.5, 0.6) is 0 Å². The highest BCUT2D eigenvalue weighted by Gasteiger charge is 2.65. The number of benzene rings is 1. The third kappa shape index (κ3) is 2.36. The van der Waals surface area contributed by atoms with Gasteiger partial charge in [0.25, 0.3) is 0 Å². The van der Waals surface area contributed by atoms with Gasteiger partial charge in [0, 0.05) is 11.6 Å². The summed E-state index contributed by atoms with van der Waals surface area (Å²) in [6.45, 7) is 8.26. The maximum absolute atomic E-state index is 12.4. The molecule has 3 N–H and O–H groups in total. The summed E-state index contributed by atoms with van der Waals surface area (Å²) < 4.78 is 27.5. The maximum Gasteiger partial charge on any atom is 0.240 e. The molecule has 0 aromatic heterocycles. The van der Waals surface area contributed by atoms with Crippen LogP contribution in [0.4, 0.5) is 0 Å². The van der Waals surface area contributed by atoms with Gasteiger partial charge in [-0.2, -0.15) is 0 Å². The minimum atomic E-state index is -3.52. The van der Waals surface area contributed by atoms with Crippen molar-refractivity contribution < 1.29 is 8.42 Å². The number of thiocarbonyl (C=S) groups is 1. The minimum Gasteiger partial charge on any atom is -0.389 e. The summed E-state index contributed by atoms with van der Waals surface area (Å²) in [5.41, 5.74) is 6.07. The fourth-order valence-electron chi connectivity index (χ4n) is 2.51. The molecule has 0 unspecified atom stereocenters. The Morgan fingerprint density at radius 3 is 1.95 bits per heavy atom. The molecule has 0 amide bonds. The summed E-state index contributed by atoms with van der Waals surface area (Å²) in [5, 5.41) is 0. The van der Waals surface area contributed by atoms with Crippen LogP contribution in [-0.4, -0.2) is 19.4 Å². The second kappa shape index (κ2) is 4.51. The molecule has 0 atom stereocenters. The van der Waals surface area contributed by atoms with Crippen LogP contribution >= 0.6 is 12.2 Å². The summed E-state index contributed by atoms with van der Waals surface area (Å²) in [4.78, 5) is 0.488. The number of nitrogens with one attached hydrogen (secondary N) is 1. The zero-order valence-electron chi connectivity index (χ0n) is 12.1. The van der Waals surface area contributed by atoms with Crippen LogP contribution in [0.15, 0.2) is 29.2 Å². The summed E-state index contributed by atoms with van der Waals surface area (Å²) >= 11 is 4.85. The zero-order chi connectivity index (χ0) is 15.3. The van der Waals surface area contributed by atoms with Crippen LogP contribution < -0.4 is 10.5 Å². The Labute approximate surface area is 125 Å². The van der Waals surface area contributed by atoms with E-state index >= 15 is 0 Å². The molecule has 1 aromatic carbocycles. The van der Waals surface area contributed by atoms with Crippen molar-refractivity contribution >= 4 is 27.2 Å². The van der Waals surface area contributed by atoms with Crippen molar-refractivity contribution in [1.82, 2.24) is 4.72 Å². The molecule has 4 nitrogen and oxygen atoms in total. The van der Waals surface area contributed by atoms with E-state index in [1.54, 1.807) is 12.1 Å². The molecule has 0 heterocycles. The fraction of sp³-hybridized carbons (Fsp3) is 0.500. The first-order chi connectivity index (χ1) is 9.00. The van der Waals surface area contributed by atoms with Crippen LogP contribution in [-0.2, 0) is 10.0 Å². The first kappa shape index (κ1) is 15.4. The Balaban J connectivity index is 2.22. The fourth-order valence-corrected chi connectivity index (χ4v) is 4.18. The van der Waals surface area contributed by atoms with Crippen molar-refractivity contribution in [1.29, 1.82) is 0 Å². The number of rotatable bonds is 4. The van der Waals surface area contributed by atoms with Crippen LogP contribution in [0.3, 0.4) is 0 Å². The van der Waals surface area contributed by atoms with Gasteiger partial charge in [0.1, 0.15) is 4.99 Å². The molecule has 1 fully saturated rings. The Bertz CT molecular complexity index is 632. The van der Waals surface area contributed by atoms with Crippen molar-refractivity contribution in [3.05, 3.63) is 29.8 Å². The minimum absolute atomic E-state index is 0.0428. The van der Waals surface area contributed by atoms with Gasteiger partial charge in [-0.25, -0.2) is 13.1 Å². The molecule has 0 spiro atoms. The summed E-state index contributed by atoms with van der Waals surface area (Å²) in [7, 11) is -3.52. The van der Waals surface area contributed by atoms with Gasteiger partial charge in [-0.3, -0.25) is 0 Å². The van der Waals surface area contributed by atoms with Crippen molar-refractivity contribution in [3.63, 3.8) is 0 Å². The highest BCUT2D eigenvalue weighted by molar-refractivity contribution is 7.89. The van der Waals surface area contributed by atoms with Crippen LogP contribution in [0.2, 0.25) is 0 Å². The molecule has 0 radical (unpaired) electrons. The van der Waals surface area contributed by atoms with E-state index < -0.39 is 10.0 Å². The zero-order valence-corrected chi connectivity index (χ0v) is 13.7. The number of sulfonamides is 1. The van der Waals surface area contributed by atoms with Crippen molar-refractivity contribution in [2.75, 3.05) is 0 Å². The largest absolute Gasteiger partial charge is 0.389 e. The monoisotopic (exact) mass is 312 g/mol. The average molecular weight is 312 g/mol. The molecular weight excluding hydrogens is 292 g/mol. The van der Waals surface area contributed by atoms with Gasteiger partial charge in [-0.1, -0.05) is 52.0 Å². The standard InChI is InChI=1S/C14H20N2O2S2/c1-13(2)12(14(13,3)4)16-20(17,18)10-7-5-9(6-8-10)11(15)19/h5-8,12,16H,1-4H3,(H2,15,19). The predicted octanol–water partition coefficient (Wildman–Crippen LogP) is 2.03. The van der Waals surface area contributed by atoms with E-state index in [0.717, 1.165) is 0 Å². The number of nitrogens with two attached hydrogens (primary N) is 1. The topological polar surface area (TPSA) is 72.2 Å². The Hall–Kier alpha value is -0.980. The lowest BCUT2D eigenvalue weighted by molar-refractivity contribution is 0.457. The van der Waals surface area contributed by atoms with Crippen LogP contribution in [0.25, 0.3) is 0 Å². The SMILES string of the molecule is CC1(C)C(NS(=O)(=O)c2ccc(C(N)=S)cc2)C1(C)C. The highest BCUT2D eigenvalue weighted by Crippen LogP contribution is 2.62. The van der Waals surface area contributed by atoms with Gasteiger partial charge >= 0.3 is 0 Å². The molecule has 0 bridgehead atoms. The van der Waals surface area contributed by atoms with E-state index in [9.17, 15) is 8.42 Å². The van der Waals surface area contributed by atoms with Gasteiger partial charge in [0.05, 0.1) is 4.90 Å². The normalized spacial score (nSPS) is 20.6. The Morgan fingerprint density at radius 2 is 1.60 bits per heavy atom. The van der Waals surface area contributed by atoms with E-state index in [1.165, 1.54) is 12.1 Å². The van der Waals surface area contributed by atoms with E-state index in [2.05, 4.69) is 32.4 Å². The molecular formula is C14H20N2O2S2. The highest BCUT2D eigenvalue weighted by atomic mass is 32.2. The van der Waals surface area contributed by atoms with Gasteiger partial charge in [-0.15, -0.1) is 0 Å². The van der Waals surface area contributed by atoms with Crippen molar-refractivity contribution in [3.8, 4) is 0 Å². The summed E-state index contributed by atoms with van der Waals surface area (Å²) in [6, 6.07) is 6.24. The van der Waals surface area contributed by atoms with Gasteiger partial charge in [0.15, 0.2) is 0 Å². The molecule has 0 saturated heterocycles. The Kier molecular flexibility index (Phi) is 3.48.